The summed E-state index contributed by atoms with van der Waals surface area (Å²) in [6, 6.07) is 9.04. The topological polar surface area (TPSA) is 104 Å². The molecule has 1 heterocycles. The second kappa shape index (κ2) is 6.75. The zero-order chi connectivity index (χ0) is 18.8. The van der Waals surface area contributed by atoms with Crippen LogP contribution in [0.4, 0.5) is 5.69 Å². The number of Topliss-reactive ketones (excluding diaryl/α,β-unsaturated/α-hetero) is 1. The van der Waals surface area contributed by atoms with Gasteiger partial charge >= 0.3 is 0 Å². The van der Waals surface area contributed by atoms with E-state index in [4.69, 9.17) is 4.74 Å². The van der Waals surface area contributed by atoms with Gasteiger partial charge in [-0.1, -0.05) is 11.6 Å². The molecule has 0 fully saturated rings. The van der Waals surface area contributed by atoms with Crippen molar-refractivity contribution in [1.29, 1.82) is 0 Å². The van der Waals surface area contributed by atoms with Crippen molar-refractivity contribution >= 4 is 22.4 Å². The van der Waals surface area contributed by atoms with Crippen molar-refractivity contribution in [3.05, 3.63) is 74.3 Å². The van der Waals surface area contributed by atoms with E-state index in [1.54, 1.807) is 12.1 Å². The highest BCUT2D eigenvalue weighted by Crippen LogP contribution is 2.21. The van der Waals surface area contributed by atoms with E-state index in [-0.39, 0.29) is 23.4 Å². The van der Waals surface area contributed by atoms with Gasteiger partial charge in [-0.3, -0.25) is 24.3 Å². The van der Waals surface area contributed by atoms with Crippen molar-refractivity contribution in [3.8, 4) is 5.75 Å². The van der Waals surface area contributed by atoms with Crippen LogP contribution in [-0.4, -0.2) is 27.4 Å². The summed E-state index contributed by atoms with van der Waals surface area (Å²) in [6.45, 7) is 1.60. The number of aromatic nitrogens is 2. The van der Waals surface area contributed by atoms with E-state index in [1.165, 1.54) is 31.6 Å². The summed E-state index contributed by atoms with van der Waals surface area (Å²) in [7, 11) is 1.46. The molecule has 0 saturated heterocycles. The Hall–Kier alpha value is -3.55. The fraction of sp³-hybridized carbons (Fsp3) is 0.167. The van der Waals surface area contributed by atoms with Gasteiger partial charge in [0.15, 0.2) is 5.78 Å². The number of hydrogen-bond donors (Lipinski definition) is 0. The molecule has 0 saturated carbocycles. The fourth-order valence-electron chi connectivity index (χ4n) is 2.65. The minimum atomic E-state index is -0.584. The van der Waals surface area contributed by atoms with Crippen molar-refractivity contribution in [3.63, 3.8) is 0 Å². The van der Waals surface area contributed by atoms with Gasteiger partial charge in [-0.15, -0.1) is 0 Å². The number of non-ortho nitro benzene ring substituents is 1. The monoisotopic (exact) mass is 353 g/mol. The van der Waals surface area contributed by atoms with Crippen molar-refractivity contribution in [1.82, 2.24) is 9.55 Å². The first-order valence-electron chi connectivity index (χ1n) is 7.72. The number of rotatable bonds is 5. The maximum absolute atomic E-state index is 12.6. The van der Waals surface area contributed by atoms with Crippen molar-refractivity contribution in [2.75, 3.05) is 7.11 Å². The zero-order valence-corrected chi connectivity index (χ0v) is 14.1. The molecular formula is C18H15N3O5. The third kappa shape index (κ3) is 3.16. The quantitative estimate of drug-likeness (QED) is 0.396. The first kappa shape index (κ1) is 17.3. The van der Waals surface area contributed by atoms with E-state index in [0.717, 1.165) is 10.1 Å². The van der Waals surface area contributed by atoms with E-state index < -0.39 is 10.5 Å². The maximum atomic E-state index is 12.6. The largest absolute Gasteiger partial charge is 0.496 e. The van der Waals surface area contributed by atoms with Crippen molar-refractivity contribution in [2.45, 2.75) is 13.5 Å². The van der Waals surface area contributed by atoms with Crippen LogP contribution in [0.2, 0.25) is 0 Å². The van der Waals surface area contributed by atoms with Crippen LogP contribution in [0.25, 0.3) is 10.9 Å². The summed E-state index contributed by atoms with van der Waals surface area (Å²) < 4.78 is 6.34. The minimum Gasteiger partial charge on any atom is -0.496 e. The standard InChI is InChI=1S/C18H15N3O5/c1-11-3-6-17(26-2)14(7-11)16(22)9-20-10-19-15-5-4-12(21(24)25)8-13(15)18(20)23/h3-8,10H,9H2,1-2H3. The van der Waals surface area contributed by atoms with Crippen LogP contribution in [0.5, 0.6) is 5.75 Å². The molecular weight excluding hydrogens is 338 g/mol. The molecule has 1 aromatic heterocycles. The Morgan fingerprint density at radius 2 is 2.04 bits per heavy atom. The molecule has 0 aliphatic heterocycles. The Bertz CT molecular complexity index is 1090. The van der Waals surface area contributed by atoms with Gasteiger partial charge in [0, 0.05) is 12.1 Å². The third-order valence-electron chi connectivity index (χ3n) is 3.99. The highest BCUT2D eigenvalue weighted by Gasteiger charge is 2.16. The highest BCUT2D eigenvalue weighted by molar-refractivity contribution is 5.98. The van der Waals surface area contributed by atoms with E-state index in [0.29, 0.717) is 16.8 Å². The predicted octanol–water partition coefficient (Wildman–Crippen LogP) is 2.50. The summed E-state index contributed by atoms with van der Waals surface area (Å²) in [5, 5.41) is 11.0. The lowest BCUT2D eigenvalue weighted by atomic mass is 10.1. The summed E-state index contributed by atoms with van der Waals surface area (Å²) in [6.07, 6.45) is 1.26. The van der Waals surface area contributed by atoms with E-state index >= 15 is 0 Å². The molecule has 0 radical (unpaired) electrons. The lowest BCUT2D eigenvalue weighted by Gasteiger charge is -2.10. The number of hydrogen-bond acceptors (Lipinski definition) is 6. The Morgan fingerprint density at radius 3 is 2.73 bits per heavy atom. The molecule has 3 aromatic rings. The van der Waals surface area contributed by atoms with Crippen molar-refractivity contribution in [2.24, 2.45) is 0 Å². The van der Waals surface area contributed by atoms with Gasteiger partial charge in [0.25, 0.3) is 11.2 Å². The molecule has 0 atom stereocenters. The van der Waals surface area contributed by atoms with Crippen LogP contribution in [0.3, 0.4) is 0 Å². The summed E-state index contributed by atoms with van der Waals surface area (Å²) in [5.74, 6) is 0.0947. The molecule has 0 aliphatic carbocycles. The molecule has 2 aromatic carbocycles. The fourth-order valence-corrected chi connectivity index (χ4v) is 2.65. The average molecular weight is 353 g/mol. The molecule has 0 N–H and O–H groups in total. The molecule has 0 amide bonds. The number of aryl methyl sites for hydroxylation is 1. The predicted molar refractivity (Wildman–Crippen MR) is 94.7 cm³/mol. The van der Waals surface area contributed by atoms with E-state index in [9.17, 15) is 19.7 Å². The van der Waals surface area contributed by atoms with Crippen LogP contribution < -0.4 is 10.3 Å². The van der Waals surface area contributed by atoms with Crippen LogP contribution in [-0.2, 0) is 6.54 Å². The molecule has 0 spiro atoms. The van der Waals surface area contributed by atoms with E-state index in [2.05, 4.69) is 4.98 Å². The molecule has 26 heavy (non-hydrogen) atoms. The Morgan fingerprint density at radius 1 is 1.27 bits per heavy atom. The number of fused-ring (bicyclic) bond motifs is 1. The van der Waals surface area contributed by atoms with Crippen molar-refractivity contribution < 1.29 is 14.5 Å². The lowest BCUT2D eigenvalue weighted by molar-refractivity contribution is -0.384. The second-order valence-corrected chi connectivity index (χ2v) is 5.76. The first-order valence-corrected chi connectivity index (χ1v) is 7.72. The summed E-state index contributed by atoms with van der Waals surface area (Å²) in [5.41, 5.74) is 0.851. The van der Waals surface area contributed by atoms with Gasteiger partial charge in [-0.05, 0) is 25.1 Å². The number of nitro groups is 1. The Kier molecular flexibility index (Phi) is 4.49. The summed E-state index contributed by atoms with van der Waals surface area (Å²) in [4.78, 5) is 39.7. The third-order valence-corrected chi connectivity index (χ3v) is 3.99. The molecule has 3 rings (SSSR count). The number of ether oxygens (including phenoxy) is 1. The van der Waals surface area contributed by atoms with Gasteiger partial charge in [-0.25, -0.2) is 4.98 Å². The number of benzene rings is 2. The molecule has 8 nitrogen and oxygen atoms in total. The minimum absolute atomic E-state index is 0.0886. The SMILES string of the molecule is COc1ccc(C)cc1C(=O)Cn1cnc2ccc([N+](=O)[O-])cc2c1=O. The first-order chi connectivity index (χ1) is 12.4. The van der Waals surface area contributed by atoms with Crippen LogP contribution in [0.1, 0.15) is 15.9 Å². The van der Waals surface area contributed by atoms with Gasteiger partial charge < -0.3 is 4.74 Å². The smallest absolute Gasteiger partial charge is 0.270 e. The van der Waals surface area contributed by atoms with Crippen LogP contribution >= 0.6 is 0 Å². The number of ketones is 1. The van der Waals surface area contributed by atoms with Gasteiger partial charge in [0.05, 0.1) is 41.4 Å². The molecule has 0 bridgehead atoms. The molecule has 8 heteroatoms. The zero-order valence-electron chi connectivity index (χ0n) is 14.1. The highest BCUT2D eigenvalue weighted by atomic mass is 16.6. The number of carbonyl (C=O) groups is 1. The number of nitro benzene ring substituents is 1. The van der Waals surface area contributed by atoms with Crippen LogP contribution in [0, 0.1) is 17.0 Å². The second-order valence-electron chi connectivity index (χ2n) is 5.76. The average Bonchev–Trinajstić information content (AvgIpc) is 2.63. The molecule has 0 aliphatic rings. The van der Waals surface area contributed by atoms with E-state index in [1.807, 2.05) is 13.0 Å². The molecule has 132 valence electrons. The maximum Gasteiger partial charge on any atom is 0.270 e. The Labute approximate surface area is 147 Å². The lowest BCUT2D eigenvalue weighted by Crippen LogP contribution is -2.25. The van der Waals surface area contributed by atoms with Gasteiger partial charge in [0.2, 0.25) is 0 Å². The van der Waals surface area contributed by atoms with Crippen LogP contribution in [0.15, 0.2) is 47.5 Å². The number of methoxy groups -OCH3 is 1. The summed E-state index contributed by atoms with van der Waals surface area (Å²) >= 11 is 0. The van der Waals surface area contributed by atoms with Gasteiger partial charge in [0.1, 0.15) is 5.75 Å². The number of carbonyl (C=O) groups excluding carboxylic acids is 1. The van der Waals surface area contributed by atoms with Gasteiger partial charge in [-0.2, -0.15) is 0 Å². The normalized spacial score (nSPS) is 10.7. The number of nitrogens with zero attached hydrogens (tertiary/aromatic N) is 3. The Balaban J connectivity index is 2.02. The molecule has 0 unspecified atom stereocenters.